The number of hydrogen-bond donors (Lipinski definition) is 1. The van der Waals surface area contributed by atoms with Crippen LogP contribution in [0.1, 0.15) is 66.7 Å². The molecule has 1 fully saturated rings. The van der Waals surface area contributed by atoms with E-state index < -0.39 is 0 Å². The number of ketones is 1. The molecule has 2 heterocycles. The summed E-state index contributed by atoms with van der Waals surface area (Å²) >= 11 is 0. The molecule has 4 rings (SSSR count). The minimum atomic E-state index is 0.161. The van der Waals surface area contributed by atoms with E-state index in [1.165, 1.54) is 30.3 Å². The van der Waals surface area contributed by atoms with Crippen molar-refractivity contribution in [3.8, 4) is 0 Å². The van der Waals surface area contributed by atoms with Crippen LogP contribution in [0.3, 0.4) is 0 Å². The van der Waals surface area contributed by atoms with Crippen molar-refractivity contribution in [3.05, 3.63) is 29.6 Å². The SMILES string of the molecule is CC(=CCN1CN(C)c2ncnc(N)c21)CC[C@@]1(C)[C@H](C)CC[C@@]2(C)C(C)=CC(=O)C[C@H]12. The first kappa shape index (κ1) is 22.8. The van der Waals surface area contributed by atoms with Gasteiger partial charge in [0.1, 0.15) is 12.0 Å². The fourth-order valence-corrected chi connectivity index (χ4v) is 6.45. The predicted molar refractivity (Wildman–Crippen MR) is 132 cm³/mol. The number of aromatic nitrogens is 2. The van der Waals surface area contributed by atoms with E-state index >= 15 is 0 Å². The predicted octanol–water partition coefficient (Wildman–Crippen LogP) is 4.98. The summed E-state index contributed by atoms with van der Waals surface area (Å²) in [6, 6.07) is 0. The second-order valence-corrected chi connectivity index (χ2v) is 11.0. The summed E-state index contributed by atoms with van der Waals surface area (Å²) in [7, 11) is 2.03. The zero-order chi connectivity index (χ0) is 23.3. The summed E-state index contributed by atoms with van der Waals surface area (Å²) in [5, 5.41) is 0. The highest BCUT2D eigenvalue weighted by Gasteiger charge is 2.54. The van der Waals surface area contributed by atoms with Crippen molar-refractivity contribution in [2.45, 2.75) is 66.7 Å². The van der Waals surface area contributed by atoms with E-state index in [0.29, 0.717) is 29.9 Å². The zero-order valence-electron chi connectivity index (χ0n) is 20.6. The third-order valence-electron chi connectivity index (χ3n) is 9.08. The Morgan fingerprint density at radius 1 is 1.34 bits per heavy atom. The monoisotopic (exact) mass is 437 g/mol. The Morgan fingerprint density at radius 3 is 2.84 bits per heavy atom. The van der Waals surface area contributed by atoms with Gasteiger partial charge in [-0.15, -0.1) is 0 Å². The van der Waals surface area contributed by atoms with Gasteiger partial charge in [-0.25, -0.2) is 9.97 Å². The maximum atomic E-state index is 12.5. The van der Waals surface area contributed by atoms with Crippen molar-refractivity contribution < 1.29 is 4.79 Å². The molecule has 6 nitrogen and oxygen atoms in total. The Bertz CT molecular complexity index is 969. The second kappa shape index (κ2) is 8.20. The molecule has 1 aromatic rings. The molecule has 1 aromatic heterocycles. The summed E-state index contributed by atoms with van der Waals surface area (Å²) in [6.07, 6.45) is 11.1. The molecule has 4 atom stereocenters. The fraction of sp³-hybridized carbons (Fsp3) is 0.654. The topological polar surface area (TPSA) is 75.3 Å². The molecule has 0 saturated heterocycles. The van der Waals surface area contributed by atoms with Crippen LogP contribution in [0.2, 0.25) is 0 Å². The van der Waals surface area contributed by atoms with E-state index in [2.05, 4.69) is 60.5 Å². The molecule has 0 unspecified atom stereocenters. The Balaban J connectivity index is 1.47. The molecule has 2 N–H and O–H groups in total. The van der Waals surface area contributed by atoms with Crippen molar-refractivity contribution in [1.82, 2.24) is 9.97 Å². The molecule has 1 aliphatic heterocycles. The van der Waals surface area contributed by atoms with Gasteiger partial charge in [0, 0.05) is 20.0 Å². The fourth-order valence-electron chi connectivity index (χ4n) is 6.45. The maximum absolute atomic E-state index is 12.5. The number of carbonyl (C=O) groups excluding carboxylic acids is 1. The second-order valence-electron chi connectivity index (χ2n) is 11.0. The molecular formula is C26H39N5O. The molecule has 3 aliphatic rings. The number of fused-ring (bicyclic) bond motifs is 2. The molecule has 6 heteroatoms. The number of anilines is 3. The third kappa shape index (κ3) is 3.71. The van der Waals surface area contributed by atoms with Gasteiger partial charge in [-0.3, -0.25) is 4.79 Å². The van der Waals surface area contributed by atoms with Crippen LogP contribution in [0.4, 0.5) is 17.3 Å². The van der Waals surface area contributed by atoms with E-state index in [-0.39, 0.29) is 10.8 Å². The number of carbonyl (C=O) groups is 1. The van der Waals surface area contributed by atoms with Crippen LogP contribution < -0.4 is 15.5 Å². The minimum Gasteiger partial charge on any atom is -0.382 e. The third-order valence-corrected chi connectivity index (χ3v) is 9.08. The molecule has 0 amide bonds. The highest BCUT2D eigenvalue weighted by molar-refractivity contribution is 5.92. The van der Waals surface area contributed by atoms with E-state index in [1.807, 2.05) is 13.1 Å². The van der Waals surface area contributed by atoms with Gasteiger partial charge in [0.2, 0.25) is 0 Å². The van der Waals surface area contributed by atoms with Crippen molar-refractivity contribution in [3.63, 3.8) is 0 Å². The van der Waals surface area contributed by atoms with Crippen LogP contribution in [0, 0.1) is 22.7 Å². The van der Waals surface area contributed by atoms with E-state index in [4.69, 9.17) is 5.73 Å². The number of nitrogens with two attached hydrogens (primary N) is 1. The average Bonchev–Trinajstić information content (AvgIpc) is 3.07. The smallest absolute Gasteiger partial charge is 0.159 e. The first-order valence-electron chi connectivity index (χ1n) is 12.0. The molecule has 1 saturated carbocycles. The van der Waals surface area contributed by atoms with Crippen LogP contribution in [0.5, 0.6) is 0 Å². The molecule has 0 radical (unpaired) electrons. The Kier molecular flexibility index (Phi) is 5.84. The molecule has 2 aliphatic carbocycles. The number of nitrogens with zero attached hydrogens (tertiary/aromatic N) is 4. The molecule has 0 spiro atoms. The van der Waals surface area contributed by atoms with Gasteiger partial charge in [0.15, 0.2) is 17.4 Å². The Morgan fingerprint density at radius 2 is 2.09 bits per heavy atom. The Hall–Kier alpha value is -2.37. The number of rotatable bonds is 5. The number of nitrogen functional groups attached to an aromatic ring is 1. The largest absolute Gasteiger partial charge is 0.382 e. The lowest BCUT2D eigenvalue weighted by molar-refractivity contribution is -0.123. The standard InChI is InChI=1S/C26H39N5O/c1-17(9-12-31-16-30(6)24-22(31)23(27)28-15-29-24)7-10-25(4)18(2)8-11-26(5)19(3)13-20(32)14-21(25)26/h9,13,15,18,21H,7-8,10-12,14,16H2,1-6H3,(H2,27,28,29)/t18-,21-,25+,26+/m1/s1. The summed E-state index contributed by atoms with van der Waals surface area (Å²) < 4.78 is 0. The lowest BCUT2D eigenvalue weighted by atomic mass is 9.47. The first-order valence-corrected chi connectivity index (χ1v) is 12.0. The van der Waals surface area contributed by atoms with Gasteiger partial charge in [-0.1, -0.05) is 38.0 Å². The van der Waals surface area contributed by atoms with Crippen molar-refractivity contribution in [2.75, 3.05) is 35.8 Å². The molecule has 174 valence electrons. The van der Waals surface area contributed by atoms with Gasteiger partial charge >= 0.3 is 0 Å². The zero-order valence-corrected chi connectivity index (χ0v) is 20.6. The highest BCUT2D eigenvalue weighted by Crippen LogP contribution is 2.61. The van der Waals surface area contributed by atoms with E-state index in [0.717, 1.165) is 37.6 Å². The van der Waals surface area contributed by atoms with Gasteiger partial charge < -0.3 is 15.5 Å². The average molecular weight is 438 g/mol. The van der Waals surface area contributed by atoms with E-state index in [1.54, 1.807) is 0 Å². The van der Waals surface area contributed by atoms with Crippen LogP contribution in [-0.4, -0.2) is 36.0 Å². The van der Waals surface area contributed by atoms with Crippen LogP contribution in [-0.2, 0) is 4.79 Å². The summed E-state index contributed by atoms with van der Waals surface area (Å²) in [4.78, 5) is 25.4. The minimum absolute atomic E-state index is 0.161. The quantitative estimate of drug-likeness (QED) is 0.655. The summed E-state index contributed by atoms with van der Waals surface area (Å²) in [6.45, 7) is 13.2. The lowest BCUT2D eigenvalue weighted by Crippen LogP contribution is -2.50. The van der Waals surface area contributed by atoms with Crippen molar-refractivity contribution >= 4 is 23.1 Å². The van der Waals surface area contributed by atoms with E-state index in [9.17, 15) is 4.79 Å². The lowest BCUT2D eigenvalue weighted by Gasteiger charge is -2.57. The number of hydrogen-bond acceptors (Lipinski definition) is 6. The molecular weight excluding hydrogens is 398 g/mol. The number of allylic oxidation sites excluding steroid dienone is 3. The van der Waals surface area contributed by atoms with Gasteiger partial charge in [-0.05, 0) is 68.3 Å². The summed E-state index contributed by atoms with van der Waals surface area (Å²) in [5.74, 6) is 2.81. The molecule has 0 aromatic carbocycles. The normalized spacial score (nSPS) is 32.6. The van der Waals surface area contributed by atoms with Gasteiger partial charge in [-0.2, -0.15) is 0 Å². The van der Waals surface area contributed by atoms with Crippen LogP contribution in [0.25, 0.3) is 0 Å². The Labute approximate surface area is 193 Å². The highest BCUT2D eigenvalue weighted by atomic mass is 16.1. The summed E-state index contributed by atoms with van der Waals surface area (Å²) in [5.41, 5.74) is 10.1. The first-order chi connectivity index (χ1) is 15.1. The molecule has 0 bridgehead atoms. The van der Waals surface area contributed by atoms with Crippen LogP contribution in [0.15, 0.2) is 29.6 Å². The van der Waals surface area contributed by atoms with Gasteiger partial charge in [0.05, 0.1) is 6.67 Å². The van der Waals surface area contributed by atoms with Crippen molar-refractivity contribution in [2.24, 2.45) is 22.7 Å². The van der Waals surface area contributed by atoms with Crippen molar-refractivity contribution in [1.29, 1.82) is 0 Å². The van der Waals surface area contributed by atoms with Gasteiger partial charge in [0.25, 0.3) is 0 Å². The maximum Gasteiger partial charge on any atom is 0.159 e. The molecule has 32 heavy (non-hydrogen) atoms. The van der Waals surface area contributed by atoms with Crippen LogP contribution >= 0.6 is 0 Å².